The van der Waals surface area contributed by atoms with Crippen LogP contribution in [0.2, 0.25) is 0 Å². The number of halogens is 1. The molecule has 2 heteroatoms. The van der Waals surface area contributed by atoms with Crippen molar-refractivity contribution in [3.05, 3.63) is 12.3 Å². The fraction of sp³-hybridized carbons (Fsp3) is 0.400. The number of hydrogen-bond donors (Lipinski definition) is 0. The van der Waals surface area contributed by atoms with Crippen LogP contribution >= 0.6 is 15.9 Å². The Bertz CT molecular complexity index is 115. The van der Waals surface area contributed by atoms with Crippen molar-refractivity contribution >= 4 is 20.6 Å². The zero-order valence-electron chi connectivity index (χ0n) is 3.89. The third-order valence-electron chi connectivity index (χ3n) is 0.837. The van der Waals surface area contributed by atoms with E-state index in [1.165, 1.54) is 0 Å². The van der Waals surface area contributed by atoms with E-state index >= 15 is 0 Å². The van der Waals surface area contributed by atoms with Crippen LogP contribution < -0.4 is 0 Å². The molecule has 0 atom stereocenters. The number of hydrogen-bond acceptors (Lipinski definition) is 1. The van der Waals surface area contributed by atoms with Crippen molar-refractivity contribution in [1.82, 2.24) is 0 Å². The smallest absolute Gasteiger partial charge is 0.0832 e. The second kappa shape index (κ2) is 2.26. The monoisotopic (exact) mass is 159 g/mol. The first kappa shape index (κ1) is 5.04. The molecule has 0 N–H and O–H groups in total. The van der Waals surface area contributed by atoms with Gasteiger partial charge in [-0.2, -0.15) is 0 Å². The molecule has 1 aliphatic rings. The van der Waals surface area contributed by atoms with Crippen LogP contribution in [-0.2, 0) is 0 Å². The Morgan fingerprint density at radius 2 is 2.57 bits per heavy atom. The standard InChI is InChI=1S/C5H6BrN/c6-5-3-1-2-4-7-5/h2,4H,1,3H2. The van der Waals surface area contributed by atoms with Crippen LogP contribution in [-0.4, -0.2) is 4.62 Å². The lowest BCUT2D eigenvalue weighted by Gasteiger charge is -1.95. The van der Waals surface area contributed by atoms with Gasteiger partial charge in [0.05, 0.1) is 4.62 Å². The van der Waals surface area contributed by atoms with E-state index < -0.39 is 0 Å². The maximum Gasteiger partial charge on any atom is 0.0832 e. The molecule has 0 bridgehead atoms. The van der Waals surface area contributed by atoms with Crippen molar-refractivity contribution in [2.24, 2.45) is 4.99 Å². The van der Waals surface area contributed by atoms with Crippen LogP contribution in [0.3, 0.4) is 0 Å². The fourth-order valence-corrected chi connectivity index (χ4v) is 0.822. The molecular formula is C5H6BrN. The SMILES string of the molecule is BrC1=NC=CCC1. The maximum absolute atomic E-state index is 3.98. The summed E-state index contributed by atoms with van der Waals surface area (Å²) in [6, 6.07) is 0. The van der Waals surface area contributed by atoms with Gasteiger partial charge in [-0.3, -0.25) is 4.99 Å². The maximum atomic E-state index is 3.98. The largest absolute Gasteiger partial charge is 0.254 e. The van der Waals surface area contributed by atoms with E-state index in [1.807, 2.05) is 6.20 Å². The molecule has 0 aliphatic carbocycles. The summed E-state index contributed by atoms with van der Waals surface area (Å²) in [5, 5.41) is 0. The van der Waals surface area contributed by atoms with Gasteiger partial charge in [-0.05, 0) is 28.8 Å². The lowest BCUT2D eigenvalue weighted by atomic mass is 10.3. The summed E-state index contributed by atoms with van der Waals surface area (Å²) in [7, 11) is 0. The van der Waals surface area contributed by atoms with Gasteiger partial charge in [0, 0.05) is 6.20 Å². The van der Waals surface area contributed by atoms with E-state index in [0.717, 1.165) is 17.5 Å². The Balaban J connectivity index is 2.57. The molecule has 0 aromatic rings. The summed E-state index contributed by atoms with van der Waals surface area (Å²) in [5.41, 5.74) is 0. The molecule has 1 rings (SSSR count). The highest BCUT2D eigenvalue weighted by Crippen LogP contribution is 2.06. The summed E-state index contributed by atoms with van der Waals surface area (Å²) in [5.74, 6) is 0. The van der Waals surface area contributed by atoms with E-state index in [0.29, 0.717) is 0 Å². The van der Waals surface area contributed by atoms with Gasteiger partial charge in [-0.1, -0.05) is 6.08 Å². The summed E-state index contributed by atoms with van der Waals surface area (Å²) < 4.78 is 1.06. The minimum atomic E-state index is 1.06. The van der Waals surface area contributed by atoms with Gasteiger partial charge in [0.1, 0.15) is 0 Å². The van der Waals surface area contributed by atoms with Gasteiger partial charge in [0.25, 0.3) is 0 Å². The number of allylic oxidation sites excluding steroid dienone is 1. The van der Waals surface area contributed by atoms with Gasteiger partial charge >= 0.3 is 0 Å². The third kappa shape index (κ3) is 1.43. The van der Waals surface area contributed by atoms with E-state index in [-0.39, 0.29) is 0 Å². The van der Waals surface area contributed by atoms with Crippen molar-refractivity contribution in [3.63, 3.8) is 0 Å². The molecule has 0 aromatic heterocycles. The van der Waals surface area contributed by atoms with Crippen molar-refractivity contribution in [3.8, 4) is 0 Å². The van der Waals surface area contributed by atoms with Gasteiger partial charge in [-0.15, -0.1) is 0 Å². The van der Waals surface area contributed by atoms with Crippen molar-refractivity contribution in [1.29, 1.82) is 0 Å². The highest BCUT2D eigenvalue weighted by molar-refractivity contribution is 9.18. The zero-order chi connectivity index (χ0) is 5.11. The average molecular weight is 160 g/mol. The second-order valence-corrected chi connectivity index (χ2v) is 2.34. The molecule has 0 fully saturated rings. The molecule has 0 radical (unpaired) electrons. The van der Waals surface area contributed by atoms with Crippen LogP contribution in [0.25, 0.3) is 0 Å². The first-order chi connectivity index (χ1) is 3.39. The van der Waals surface area contributed by atoms with Crippen LogP contribution in [0.5, 0.6) is 0 Å². The topological polar surface area (TPSA) is 12.4 Å². The van der Waals surface area contributed by atoms with E-state index in [1.54, 1.807) is 0 Å². The molecule has 0 spiro atoms. The van der Waals surface area contributed by atoms with Gasteiger partial charge in [0.15, 0.2) is 0 Å². The van der Waals surface area contributed by atoms with Crippen molar-refractivity contribution < 1.29 is 0 Å². The summed E-state index contributed by atoms with van der Waals surface area (Å²) in [6.07, 6.45) is 6.08. The first-order valence-electron chi connectivity index (χ1n) is 2.27. The van der Waals surface area contributed by atoms with Crippen LogP contribution in [0.15, 0.2) is 17.3 Å². The second-order valence-electron chi connectivity index (χ2n) is 1.43. The predicted molar refractivity (Wildman–Crippen MR) is 34.7 cm³/mol. The Kier molecular flexibility index (Phi) is 1.63. The summed E-state index contributed by atoms with van der Waals surface area (Å²) in [6.45, 7) is 0. The van der Waals surface area contributed by atoms with Gasteiger partial charge < -0.3 is 0 Å². The minimum absolute atomic E-state index is 1.06. The van der Waals surface area contributed by atoms with E-state index in [9.17, 15) is 0 Å². The molecule has 0 amide bonds. The molecule has 0 aromatic carbocycles. The zero-order valence-corrected chi connectivity index (χ0v) is 5.48. The van der Waals surface area contributed by atoms with Gasteiger partial charge in [0.2, 0.25) is 0 Å². The highest BCUT2D eigenvalue weighted by atomic mass is 79.9. The molecule has 0 saturated carbocycles. The number of nitrogens with zero attached hydrogens (tertiary/aromatic N) is 1. The van der Waals surface area contributed by atoms with Crippen molar-refractivity contribution in [2.45, 2.75) is 12.8 Å². The highest BCUT2D eigenvalue weighted by Gasteiger charge is 1.92. The van der Waals surface area contributed by atoms with E-state index in [4.69, 9.17) is 0 Å². The van der Waals surface area contributed by atoms with Crippen LogP contribution in [0.1, 0.15) is 12.8 Å². The molecule has 38 valence electrons. The quantitative estimate of drug-likeness (QED) is 0.514. The third-order valence-corrected chi connectivity index (χ3v) is 1.44. The number of rotatable bonds is 0. The summed E-state index contributed by atoms with van der Waals surface area (Å²) >= 11 is 3.29. The lowest BCUT2D eigenvalue weighted by molar-refractivity contribution is 1.08. The molecular weight excluding hydrogens is 154 g/mol. The Morgan fingerprint density at radius 1 is 1.71 bits per heavy atom. The van der Waals surface area contributed by atoms with Gasteiger partial charge in [-0.25, -0.2) is 0 Å². The van der Waals surface area contributed by atoms with Crippen molar-refractivity contribution in [2.75, 3.05) is 0 Å². The minimum Gasteiger partial charge on any atom is -0.254 e. The molecule has 1 nitrogen and oxygen atoms in total. The Hall–Kier alpha value is -0.110. The van der Waals surface area contributed by atoms with Crippen LogP contribution in [0.4, 0.5) is 0 Å². The first-order valence-corrected chi connectivity index (χ1v) is 3.06. The molecule has 1 heterocycles. The Labute approximate surface area is 51.3 Å². The lowest BCUT2D eigenvalue weighted by Crippen LogP contribution is -1.86. The normalized spacial score (nSPS) is 19.3. The average Bonchev–Trinajstić information content (AvgIpc) is 1.69. The molecule has 7 heavy (non-hydrogen) atoms. The fourth-order valence-electron chi connectivity index (χ4n) is 0.475. The Morgan fingerprint density at radius 3 is 2.86 bits per heavy atom. The van der Waals surface area contributed by atoms with Crippen LogP contribution in [0, 0.1) is 0 Å². The predicted octanol–water partition coefficient (Wildman–Crippen LogP) is 2.09. The number of aliphatic imine (C=N–C) groups is 1. The molecule has 0 saturated heterocycles. The summed E-state index contributed by atoms with van der Waals surface area (Å²) in [4.78, 5) is 3.98. The molecule has 0 unspecified atom stereocenters. The molecule has 1 aliphatic heterocycles. The van der Waals surface area contributed by atoms with E-state index in [2.05, 4.69) is 27.0 Å².